The highest BCUT2D eigenvalue weighted by Crippen LogP contribution is 2.27. The molecule has 3 atom stereocenters. The number of aromatic nitrogens is 2. The number of amides is 1. The van der Waals surface area contributed by atoms with Gasteiger partial charge in [0.1, 0.15) is 12.3 Å². The summed E-state index contributed by atoms with van der Waals surface area (Å²) in [5, 5.41) is 21.5. The van der Waals surface area contributed by atoms with E-state index in [9.17, 15) is 19.5 Å². The predicted octanol–water partition coefficient (Wildman–Crippen LogP) is -1.73. The number of nitrogens with one attached hydrogen (secondary N) is 2. The second kappa shape index (κ2) is 8.04. The molecule has 0 aromatic carbocycles. The fraction of sp³-hybridized carbons (Fsp3) is 0.615. The van der Waals surface area contributed by atoms with Crippen molar-refractivity contribution >= 4 is 28.5 Å². The monoisotopic (exact) mass is 439 g/mol. The van der Waals surface area contributed by atoms with Crippen LogP contribution >= 0.6 is 22.6 Å². The van der Waals surface area contributed by atoms with Gasteiger partial charge in [-0.15, -0.1) is 0 Å². The number of ether oxygens (including phenoxy) is 1. The van der Waals surface area contributed by atoms with Crippen LogP contribution in [0.25, 0.3) is 0 Å². The molecule has 0 unspecified atom stereocenters. The molecule has 0 saturated carbocycles. The average molecular weight is 439 g/mol. The highest BCUT2D eigenvalue weighted by Gasteiger charge is 2.35. The number of aliphatic hydroxyl groups excluding tert-OH is 2. The van der Waals surface area contributed by atoms with Gasteiger partial charge in [-0.2, -0.15) is 0 Å². The maximum atomic E-state index is 11.9. The first-order chi connectivity index (χ1) is 11.0. The van der Waals surface area contributed by atoms with E-state index in [1.54, 1.807) is 0 Å². The van der Waals surface area contributed by atoms with Gasteiger partial charge < -0.3 is 20.3 Å². The molecule has 1 amide bonds. The van der Waals surface area contributed by atoms with Crippen molar-refractivity contribution in [1.29, 1.82) is 0 Å². The van der Waals surface area contributed by atoms with Crippen LogP contribution in [0, 0.1) is 0 Å². The fourth-order valence-electron chi connectivity index (χ4n) is 2.35. The fourth-order valence-corrected chi connectivity index (χ4v) is 2.62. The van der Waals surface area contributed by atoms with Crippen LogP contribution in [-0.4, -0.2) is 55.5 Å². The summed E-state index contributed by atoms with van der Waals surface area (Å²) in [5.74, 6) is -0.136. The smallest absolute Gasteiger partial charge is 0.330 e. The number of H-pyrrole nitrogens is 1. The number of alkyl halides is 1. The van der Waals surface area contributed by atoms with Gasteiger partial charge in [-0.3, -0.25) is 19.1 Å². The second-order valence-corrected chi connectivity index (χ2v) is 5.93. The lowest BCUT2D eigenvalue weighted by Gasteiger charge is -2.15. The Hall–Kier alpha value is -1.24. The van der Waals surface area contributed by atoms with E-state index in [4.69, 9.17) is 9.84 Å². The Morgan fingerprint density at radius 1 is 1.52 bits per heavy atom. The van der Waals surface area contributed by atoms with Gasteiger partial charge in [0.05, 0.1) is 17.1 Å². The van der Waals surface area contributed by atoms with Crippen LogP contribution in [-0.2, 0) is 16.0 Å². The summed E-state index contributed by atoms with van der Waals surface area (Å²) in [6, 6.07) is 0. The second-order valence-electron chi connectivity index (χ2n) is 5.17. The number of halogens is 1. The van der Waals surface area contributed by atoms with Crippen molar-refractivity contribution in [3.63, 3.8) is 0 Å². The summed E-state index contributed by atoms with van der Waals surface area (Å²) >= 11 is 1.93. The molecule has 1 fully saturated rings. The van der Waals surface area contributed by atoms with Crippen molar-refractivity contribution in [3.8, 4) is 0 Å². The Balaban J connectivity index is 2.15. The number of nitrogens with zero attached hydrogens (tertiary/aromatic N) is 1. The molecule has 1 saturated heterocycles. The molecule has 0 bridgehead atoms. The van der Waals surface area contributed by atoms with Crippen molar-refractivity contribution in [2.75, 3.05) is 17.6 Å². The minimum absolute atomic E-state index is 0.136. The van der Waals surface area contributed by atoms with Gasteiger partial charge in [-0.05, 0) is 6.42 Å². The van der Waals surface area contributed by atoms with E-state index in [0.29, 0.717) is 9.99 Å². The third-order valence-corrected chi connectivity index (χ3v) is 4.27. The van der Waals surface area contributed by atoms with E-state index in [-0.39, 0.29) is 31.9 Å². The molecule has 0 spiro atoms. The molecular weight excluding hydrogens is 421 g/mol. The number of aromatic amines is 1. The van der Waals surface area contributed by atoms with E-state index >= 15 is 0 Å². The largest absolute Gasteiger partial charge is 0.394 e. The number of carbonyl (C=O) groups is 1. The van der Waals surface area contributed by atoms with Crippen LogP contribution in [0.2, 0.25) is 0 Å². The van der Waals surface area contributed by atoms with Gasteiger partial charge in [0.25, 0.3) is 5.56 Å². The maximum absolute atomic E-state index is 11.9. The SMILES string of the molecule is O=C(CI)NCCc1cn([C@H]2C[C@H](O)[C@@H](CO)O2)c(=O)[nH]c1=O. The topological polar surface area (TPSA) is 134 Å². The van der Waals surface area contributed by atoms with Gasteiger partial charge in [0, 0.05) is 24.7 Å². The summed E-state index contributed by atoms with van der Waals surface area (Å²) < 4.78 is 6.93. The van der Waals surface area contributed by atoms with Crippen LogP contribution in [0.3, 0.4) is 0 Å². The predicted molar refractivity (Wildman–Crippen MR) is 88.5 cm³/mol. The minimum Gasteiger partial charge on any atom is -0.394 e. The van der Waals surface area contributed by atoms with Crippen molar-refractivity contribution in [2.45, 2.75) is 31.3 Å². The van der Waals surface area contributed by atoms with E-state index in [0.717, 1.165) is 0 Å². The molecule has 4 N–H and O–H groups in total. The van der Waals surface area contributed by atoms with Gasteiger partial charge in [-0.25, -0.2) is 4.79 Å². The van der Waals surface area contributed by atoms with Gasteiger partial charge in [-0.1, -0.05) is 22.6 Å². The maximum Gasteiger partial charge on any atom is 0.330 e. The molecule has 10 heteroatoms. The van der Waals surface area contributed by atoms with E-state index in [1.165, 1.54) is 10.8 Å². The molecule has 1 aromatic rings. The summed E-state index contributed by atoms with van der Waals surface area (Å²) in [4.78, 5) is 37.1. The van der Waals surface area contributed by atoms with E-state index < -0.39 is 29.7 Å². The standard InChI is InChI=1S/C13H18IN3O6/c14-4-10(20)15-2-1-7-5-17(13(22)16-12(7)21)11-3-8(19)9(6-18)23-11/h5,8-9,11,18-19H,1-4,6H2,(H,15,20)(H,16,21,22)/t8-,9+,11+/m0/s1. The normalized spacial score (nSPS) is 23.9. The Morgan fingerprint density at radius 2 is 2.26 bits per heavy atom. The van der Waals surface area contributed by atoms with Crippen LogP contribution in [0.1, 0.15) is 18.2 Å². The summed E-state index contributed by atoms with van der Waals surface area (Å²) in [6.45, 7) is -0.0819. The molecule has 23 heavy (non-hydrogen) atoms. The average Bonchev–Trinajstić information content (AvgIpc) is 2.89. The van der Waals surface area contributed by atoms with Crippen molar-refractivity contribution in [2.24, 2.45) is 0 Å². The Bertz CT molecular complexity index is 672. The number of carbonyl (C=O) groups excluding carboxylic acids is 1. The molecule has 1 aromatic heterocycles. The van der Waals surface area contributed by atoms with E-state index in [2.05, 4.69) is 10.3 Å². The molecule has 2 heterocycles. The molecule has 0 aliphatic carbocycles. The lowest BCUT2D eigenvalue weighted by atomic mass is 10.2. The Morgan fingerprint density at radius 3 is 2.87 bits per heavy atom. The molecule has 0 radical (unpaired) electrons. The van der Waals surface area contributed by atoms with Crippen LogP contribution in [0.5, 0.6) is 0 Å². The minimum atomic E-state index is -0.879. The van der Waals surface area contributed by atoms with Crippen LogP contribution < -0.4 is 16.6 Å². The third kappa shape index (κ3) is 4.40. The number of aliphatic hydroxyl groups is 2. The first-order valence-electron chi connectivity index (χ1n) is 7.07. The molecule has 128 valence electrons. The Labute approximate surface area is 144 Å². The first kappa shape index (κ1) is 18.1. The highest BCUT2D eigenvalue weighted by molar-refractivity contribution is 14.1. The number of hydrogen-bond donors (Lipinski definition) is 4. The quantitative estimate of drug-likeness (QED) is 0.308. The molecular formula is C13H18IN3O6. The molecule has 1 aliphatic rings. The Kier molecular flexibility index (Phi) is 6.33. The van der Waals surface area contributed by atoms with Crippen LogP contribution in [0.4, 0.5) is 0 Å². The lowest BCUT2D eigenvalue weighted by Crippen LogP contribution is -2.35. The summed E-state index contributed by atoms with van der Waals surface area (Å²) in [5.41, 5.74) is -0.845. The van der Waals surface area contributed by atoms with Gasteiger partial charge in [0.15, 0.2) is 0 Å². The number of hydrogen-bond acceptors (Lipinski definition) is 6. The lowest BCUT2D eigenvalue weighted by molar-refractivity contribution is -0.118. The first-order valence-corrected chi connectivity index (χ1v) is 8.60. The van der Waals surface area contributed by atoms with Crippen LogP contribution in [0.15, 0.2) is 15.8 Å². The summed E-state index contributed by atoms with van der Waals surface area (Å²) in [7, 11) is 0. The van der Waals surface area contributed by atoms with E-state index in [1.807, 2.05) is 22.6 Å². The third-order valence-electron chi connectivity index (χ3n) is 3.57. The summed E-state index contributed by atoms with van der Waals surface area (Å²) in [6.07, 6.45) is -0.623. The zero-order valence-electron chi connectivity index (χ0n) is 12.2. The van der Waals surface area contributed by atoms with Gasteiger partial charge in [0.2, 0.25) is 5.91 Å². The molecule has 2 rings (SSSR count). The van der Waals surface area contributed by atoms with Gasteiger partial charge >= 0.3 is 5.69 Å². The van der Waals surface area contributed by atoms with Crippen molar-refractivity contribution in [1.82, 2.24) is 14.9 Å². The van der Waals surface area contributed by atoms with Crippen molar-refractivity contribution < 1.29 is 19.7 Å². The number of rotatable bonds is 6. The highest BCUT2D eigenvalue weighted by atomic mass is 127. The molecule has 9 nitrogen and oxygen atoms in total. The van der Waals surface area contributed by atoms with Crippen molar-refractivity contribution in [3.05, 3.63) is 32.6 Å². The molecule has 1 aliphatic heterocycles. The zero-order valence-corrected chi connectivity index (χ0v) is 14.4. The zero-order chi connectivity index (χ0) is 17.0.